The van der Waals surface area contributed by atoms with E-state index < -0.39 is 5.54 Å². The molecule has 1 aliphatic rings. The van der Waals surface area contributed by atoms with Crippen molar-refractivity contribution in [1.82, 2.24) is 5.32 Å². The zero-order valence-electron chi connectivity index (χ0n) is 11.3. The third-order valence-electron chi connectivity index (χ3n) is 3.42. The second-order valence-corrected chi connectivity index (χ2v) is 5.02. The van der Waals surface area contributed by atoms with Crippen molar-refractivity contribution in [3.05, 3.63) is 0 Å². The summed E-state index contributed by atoms with van der Waals surface area (Å²) in [5.74, 6) is 0.421. The summed E-state index contributed by atoms with van der Waals surface area (Å²) in [6.07, 6.45) is 5.15. The third-order valence-corrected chi connectivity index (χ3v) is 3.42. The molecule has 1 rings (SSSR count). The first-order valence-electron chi connectivity index (χ1n) is 6.53. The van der Waals surface area contributed by atoms with Gasteiger partial charge in [0.05, 0.1) is 13.7 Å². The number of carbonyl (C=O) groups is 1. The van der Waals surface area contributed by atoms with E-state index in [2.05, 4.69) is 5.32 Å². The van der Waals surface area contributed by atoms with Crippen molar-refractivity contribution in [2.75, 3.05) is 26.9 Å². The Balaban J connectivity index is 2.35. The van der Waals surface area contributed by atoms with Crippen molar-refractivity contribution >= 4 is 5.97 Å². The van der Waals surface area contributed by atoms with Crippen LogP contribution >= 0.6 is 0 Å². The SMILES string of the molecule is CCNC(C)(COCC1CCCC1)C(=O)OC. The van der Waals surface area contributed by atoms with E-state index in [9.17, 15) is 4.79 Å². The van der Waals surface area contributed by atoms with Crippen LogP contribution in [0.5, 0.6) is 0 Å². The van der Waals surface area contributed by atoms with Crippen LogP contribution in [0.4, 0.5) is 0 Å². The Morgan fingerprint density at radius 1 is 1.41 bits per heavy atom. The monoisotopic (exact) mass is 243 g/mol. The number of carbonyl (C=O) groups excluding carboxylic acids is 1. The average molecular weight is 243 g/mol. The van der Waals surface area contributed by atoms with Crippen LogP contribution in [0.1, 0.15) is 39.5 Å². The third kappa shape index (κ3) is 4.28. The first-order valence-corrected chi connectivity index (χ1v) is 6.53. The minimum absolute atomic E-state index is 0.259. The quantitative estimate of drug-likeness (QED) is 0.692. The van der Waals surface area contributed by atoms with Crippen molar-refractivity contribution in [2.24, 2.45) is 5.92 Å². The molecule has 0 bridgehead atoms. The molecule has 17 heavy (non-hydrogen) atoms. The summed E-state index contributed by atoms with van der Waals surface area (Å²) in [6, 6.07) is 0. The Hall–Kier alpha value is -0.610. The van der Waals surface area contributed by atoms with Gasteiger partial charge in [-0.05, 0) is 32.2 Å². The topological polar surface area (TPSA) is 47.6 Å². The second-order valence-electron chi connectivity index (χ2n) is 5.02. The van der Waals surface area contributed by atoms with E-state index in [0.29, 0.717) is 12.5 Å². The lowest BCUT2D eigenvalue weighted by Gasteiger charge is -2.27. The van der Waals surface area contributed by atoms with E-state index in [1.54, 1.807) is 0 Å². The van der Waals surface area contributed by atoms with Gasteiger partial charge >= 0.3 is 5.97 Å². The summed E-state index contributed by atoms with van der Waals surface area (Å²) >= 11 is 0. The van der Waals surface area contributed by atoms with Crippen molar-refractivity contribution in [3.63, 3.8) is 0 Å². The van der Waals surface area contributed by atoms with Crippen LogP contribution in [0.25, 0.3) is 0 Å². The minimum atomic E-state index is -0.720. The summed E-state index contributed by atoms with van der Waals surface area (Å²) in [6.45, 7) is 5.66. The van der Waals surface area contributed by atoms with E-state index in [1.807, 2.05) is 13.8 Å². The number of esters is 1. The molecule has 1 unspecified atom stereocenters. The molecule has 1 saturated carbocycles. The zero-order chi connectivity index (χ0) is 12.7. The van der Waals surface area contributed by atoms with E-state index in [1.165, 1.54) is 32.8 Å². The van der Waals surface area contributed by atoms with Crippen LogP contribution in [0.2, 0.25) is 0 Å². The Morgan fingerprint density at radius 2 is 2.06 bits per heavy atom. The molecule has 1 fully saturated rings. The molecule has 0 aromatic heterocycles. The van der Waals surface area contributed by atoms with Crippen molar-refractivity contribution in [2.45, 2.75) is 45.1 Å². The molecule has 0 radical (unpaired) electrons. The zero-order valence-corrected chi connectivity index (χ0v) is 11.3. The predicted molar refractivity (Wildman–Crippen MR) is 66.9 cm³/mol. The fraction of sp³-hybridized carbons (Fsp3) is 0.923. The van der Waals surface area contributed by atoms with E-state index in [4.69, 9.17) is 9.47 Å². The molecular formula is C13H25NO3. The smallest absolute Gasteiger partial charge is 0.328 e. The summed E-state index contributed by atoms with van der Waals surface area (Å²) in [5.41, 5.74) is -0.720. The number of likely N-dealkylation sites (N-methyl/N-ethyl adjacent to an activating group) is 1. The average Bonchev–Trinajstić information content (AvgIpc) is 2.81. The van der Waals surface area contributed by atoms with Crippen LogP contribution in [-0.4, -0.2) is 38.4 Å². The minimum Gasteiger partial charge on any atom is -0.468 e. The Morgan fingerprint density at radius 3 is 2.59 bits per heavy atom. The number of hydrogen-bond acceptors (Lipinski definition) is 4. The molecule has 1 aliphatic carbocycles. The molecule has 1 N–H and O–H groups in total. The molecule has 1 atom stereocenters. The summed E-state index contributed by atoms with van der Waals surface area (Å²) in [5, 5.41) is 3.14. The molecule has 0 spiro atoms. The van der Waals surface area contributed by atoms with Gasteiger partial charge < -0.3 is 14.8 Å². The summed E-state index contributed by atoms with van der Waals surface area (Å²) in [7, 11) is 1.41. The molecule has 4 nitrogen and oxygen atoms in total. The first kappa shape index (κ1) is 14.5. The molecule has 0 aromatic rings. The van der Waals surface area contributed by atoms with Gasteiger partial charge in [0.15, 0.2) is 0 Å². The Bertz CT molecular complexity index is 239. The van der Waals surface area contributed by atoms with Crippen LogP contribution in [0, 0.1) is 5.92 Å². The molecule has 0 aromatic carbocycles. The first-order chi connectivity index (χ1) is 8.12. The maximum atomic E-state index is 11.7. The number of rotatable bonds is 7. The van der Waals surface area contributed by atoms with Crippen LogP contribution in [-0.2, 0) is 14.3 Å². The highest BCUT2D eigenvalue weighted by atomic mass is 16.5. The predicted octanol–water partition coefficient (Wildman–Crippen LogP) is 1.73. The fourth-order valence-corrected chi connectivity index (χ4v) is 2.40. The van der Waals surface area contributed by atoms with E-state index >= 15 is 0 Å². The fourth-order valence-electron chi connectivity index (χ4n) is 2.40. The highest BCUT2D eigenvalue weighted by Crippen LogP contribution is 2.25. The highest BCUT2D eigenvalue weighted by molar-refractivity contribution is 5.80. The molecule has 0 amide bonds. The molecular weight excluding hydrogens is 218 g/mol. The lowest BCUT2D eigenvalue weighted by Crippen LogP contribution is -2.53. The lowest BCUT2D eigenvalue weighted by atomic mass is 10.0. The van der Waals surface area contributed by atoms with Gasteiger partial charge in [0.2, 0.25) is 0 Å². The lowest BCUT2D eigenvalue weighted by molar-refractivity contribution is -0.150. The highest BCUT2D eigenvalue weighted by Gasteiger charge is 2.34. The standard InChI is InChI=1S/C13H25NO3/c1-4-14-13(2,12(15)16-3)10-17-9-11-7-5-6-8-11/h11,14H,4-10H2,1-3H3. The number of methoxy groups -OCH3 is 1. The van der Waals surface area contributed by atoms with Gasteiger partial charge in [0, 0.05) is 6.61 Å². The normalized spacial score (nSPS) is 20.2. The van der Waals surface area contributed by atoms with Crippen LogP contribution in [0.3, 0.4) is 0 Å². The second kappa shape index (κ2) is 6.97. The van der Waals surface area contributed by atoms with Gasteiger partial charge in [-0.1, -0.05) is 19.8 Å². The Labute approximate surface area is 104 Å². The van der Waals surface area contributed by atoms with Gasteiger partial charge in [0.1, 0.15) is 5.54 Å². The Kier molecular flexibility index (Phi) is 5.92. The van der Waals surface area contributed by atoms with E-state index in [-0.39, 0.29) is 5.97 Å². The molecule has 0 heterocycles. The summed E-state index contributed by atoms with van der Waals surface area (Å²) in [4.78, 5) is 11.7. The number of nitrogens with one attached hydrogen (secondary N) is 1. The number of ether oxygens (including phenoxy) is 2. The molecule has 4 heteroatoms. The van der Waals surface area contributed by atoms with Crippen molar-refractivity contribution in [1.29, 1.82) is 0 Å². The van der Waals surface area contributed by atoms with Gasteiger partial charge in [-0.15, -0.1) is 0 Å². The van der Waals surface area contributed by atoms with Gasteiger partial charge in [0.25, 0.3) is 0 Å². The number of hydrogen-bond donors (Lipinski definition) is 1. The maximum Gasteiger partial charge on any atom is 0.328 e. The van der Waals surface area contributed by atoms with Gasteiger partial charge in [-0.25, -0.2) is 4.79 Å². The van der Waals surface area contributed by atoms with Crippen molar-refractivity contribution in [3.8, 4) is 0 Å². The molecule has 0 saturated heterocycles. The largest absolute Gasteiger partial charge is 0.468 e. The van der Waals surface area contributed by atoms with Crippen LogP contribution < -0.4 is 5.32 Å². The van der Waals surface area contributed by atoms with Crippen molar-refractivity contribution < 1.29 is 14.3 Å². The van der Waals surface area contributed by atoms with Crippen LogP contribution in [0.15, 0.2) is 0 Å². The molecule has 0 aliphatic heterocycles. The summed E-state index contributed by atoms with van der Waals surface area (Å²) < 4.78 is 10.5. The van der Waals surface area contributed by atoms with Gasteiger partial charge in [-0.2, -0.15) is 0 Å². The van der Waals surface area contributed by atoms with E-state index in [0.717, 1.165) is 13.2 Å². The molecule has 100 valence electrons. The maximum absolute atomic E-state index is 11.7. The van der Waals surface area contributed by atoms with Gasteiger partial charge in [-0.3, -0.25) is 0 Å².